The second-order valence-corrected chi connectivity index (χ2v) is 1.20. The molecule has 0 saturated carbocycles. The maximum Gasteiger partial charge on any atom is 0.0957 e. The van der Waals surface area contributed by atoms with Crippen molar-refractivity contribution in [3.05, 3.63) is 24.1 Å². The molecule has 38 valence electrons. The van der Waals surface area contributed by atoms with Crippen molar-refractivity contribution in [2.45, 2.75) is 6.61 Å². The molecule has 0 aliphatic carbocycles. The molecule has 2 heteroatoms. The van der Waals surface area contributed by atoms with Gasteiger partial charge in [0.2, 0.25) is 0 Å². The number of aliphatic hydroxyl groups is 1. The van der Waals surface area contributed by atoms with E-state index in [4.69, 9.17) is 6.48 Å². The van der Waals surface area contributed by atoms with Crippen molar-refractivity contribution < 1.29 is 10.9 Å². The van der Waals surface area contributed by atoms with E-state index in [1.807, 2.05) is 0 Å². The van der Waals surface area contributed by atoms with Gasteiger partial charge in [-0.2, -0.15) is 0 Å². The van der Waals surface area contributed by atoms with Gasteiger partial charge in [-0.25, -0.2) is 0 Å². The van der Waals surface area contributed by atoms with Gasteiger partial charge < -0.3 is 9.52 Å². The lowest BCUT2D eigenvalue weighted by molar-refractivity contribution is 0.280. The Hall–Kier alpha value is -0.760. The third kappa shape index (κ3) is 0.810. The average Bonchev–Trinajstić information content (AvgIpc) is 2.14. The van der Waals surface area contributed by atoms with Crippen LogP contribution in [-0.2, 0) is 6.61 Å². The van der Waals surface area contributed by atoms with E-state index < -0.39 is 0 Å². The highest BCUT2D eigenvalue weighted by Gasteiger charge is 1.85. The molecule has 1 heterocycles. The maximum atomic E-state index is 8.43. The van der Waals surface area contributed by atoms with E-state index in [0.717, 1.165) is 0 Å². The second kappa shape index (κ2) is 1.80. The highest BCUT2D eigenvalue weighted by atomic mass is 16.3. The Morgan fingerprint density at radius 2 is 2.86 bits per heavy atom. The summed E-state index contributed by atoms with van der Waals surface area (Å²) in [6, 6.07) is 0.257. The minimum atomic E-state index is -0.116. The minimum absolute atomic E-state index is 0.116. The van der Waals surface area contributed by atoms with Crippen molar-refractivity contribution in [2.24, 2.45) is 0 Å². The van der Waals surface area contributed by atoms with Crippen molar-refractivity contribution in [1.29, 1.82) is 0 Å². The lowest BCUT2D eigenvalue weighted by Crippen LogP contribution is -1.72. The van der Waals surface area contributed by atoms with E-state index in [2.05, 4.69) is 4.42 Å². The van der Waals surface area contributed by atoms with Gasteiger partial charge in [-0.15, -0.1) is 0 Å². The highest BCUT2D eigenvalue weighted by Crippen LogP contribution is 1.96. The number of rotatable bonds is 1. The van der Waals surface area contributed by atoms with Crippen LogP contribution < -0.4 is 0 Å². The van der Waals surface area contributed by atoms with E-state index in [1.54, 1.807) is 0 Å². The Morgan fingerprint density at radius 3 is 3.14 bits per heavy atom. The number of aliphatic hydroxyl groups excluding tert-OH is 1. The third-order valence-corrected chi connectivity index (χ3v) is 0.693. The molecule has 1 N–H and O–H groups in total. The first kappa shape index (κ1) is 3.27. The quantitative estimate of drug-likeness (QED) is 0.564. The van der Waals surface area contributed by atoms with Crippen LogP contribution in [0.15, 0.2) is 23.0 Å². The first-order chi connectivity index (χ1) is 3.84. The summed E-state index contributed by atoms with van der Waals surface area (Å²) in [7, 11) is 0. The van der Waals surface area contributed by atoms with E-state index >= 15 is 0 Å². The second-order valence-electron chi connectivity index (χ2n) is 1.20. The lowest BCUT2D eigenvalue weighted by atomic mass is 10.4. The molecular formula is C5H6O2. The monoisotopic (exact) mass is 99.0 g/mol. The van der Waals surface area contributed by atoms with Crippen LogP contribution in [0, 0.1) is 0 Å². The van der Waals surface area contributed by atoms with Gasteiger partial charge in [-0.3, -0.25) is 0 Å². The van der Waals surface area contributed by atoms with Crippen molar-refractivity contribution in [3.63, 3.8) is 0 Å². The molecule has 0 atom stereocenters. The van der Waals surface area contributed by atoms with Gasteiger partial charge in [0.25, 0.3) is 0 Å². The molecule has 0 amide bonds. The van der Waals surface area contributed by atoms with Crippen LogP contribution in [0.25, 0.3) is 0 Å². The van der Waals surface area contributed by atoms with Crippen molar-refractivity contribution >= 4 is 0 Å². The molecule has 0 radical (unpaired) electrons. The summed E-state index contributed by atoms with van der Waals surface area (Å²) in [5.41, 5.74) is 0.532. The number of hydrogen-bond donors (Lipinski definition) is 1. The van der Waals surface area contributed by atoms with E-state index in [0.29, 0.717) is 5.56 Å². The molecule has 0 saturated heterocycles. The molecule has 1 aromatic rings. The van der Waals surface area contributed by atoms with Crippen LogP contribution in [0.2, 0.25) is 0 Å². The zero-order chi connectivity index (χ0) is 5.98. The van der Waals surface area contributed by atoms with Gasteiger partial charge in [0, 0.05) is 5.56 Å². The molecule has 0 aliphatic heterocycles. The zero-order valence-electron chi connectivity index (χ0n) is 4.72. The van der Waals surface area contributed by atoms with Gasteiger partial charge in [0.05, 0.1) is 20.5 Å². The Labute approximate surface area is 42.8 Å². The van der Waals surface area contributed by atoms with Crippen LogP contribution in [0.5, 0.6) is 0 Å². The van der Waals surface area contributed by atoms with Gasteiger partial charge >= 0.3 is 0 Å². The molecule has 0 bridgehead atoms. The normalized spacial score (nSPS) is 11.3. The summed E-state index contributed by atoms with van der Waals surface area (Å²) in [5.74, 6) is 0. The molecule has 1 rings (SSSR count). The maximum absolute atomic E-state index is 8.43. The van der Waals surface area contributed by atoms with Gasteiger partial charge in [0.1, 0.15) is 0 Å². The van der Waals surface area contributed by atoms with Crippen molar-refractivity contribution in [3.8, 4) is 0 Å². The van der Waals surface area contributed by atoms with Gasteiger partial charge in [-0.05, 0) is 6.04 Å². The highest BCUT2D eigenvalue weighted by molar-refractivity contribution is 5.02. The summed E-state index contributed by atoms with van der Waals surface area (Å²) in [4.78, 5) is 0. The van der Waals surface area contributed by atoms with Crippen LogP contribution in [-0.4, -0.2) is 5.11 Å². The molecular weight excluding hydrogens is 92.1 g/mol. The van der Waals surface area contributed by atoms with Crippen molar-refractivity contribution in [2.75, 3.05) is 0 Å². The lowest BCUT2D eigenvalue weighted by Gasteiger charge is -1.77. The minimum Gasteiger partial charge on any atom is -0.472 e. The first-order valence-electron chi connectivity index (χ1n) is 2.47. The standard InChI is InChI=1S/C5H6O2/c6-3-5-1-2-7-4-5/h1-2,4,6H,3H2/i1D. The topological polar surface area (TPSA) is 33.4 Å². The molecule has 0 aromatic carbocycles. The molecule has 0 aliphatic rings. The summed E-state index contributed by atoms with van der Waals surface area (Å²) in [5, 5.41) is 8.43. The molecule has 0 spiro atoms. The van der Waals surface area contributed by atoms with Crippen LogP contribution in [0.1, 0.15) is 6.93 Å². The average molecular weight is 99.1 g/mol. The van der Waals surface area contributed by atoms with E-state index in [1.165, 1.54) is 12.5 Å². The van der Waals surface area contributed by atoms with E-state index in [-0.39, 0.29) is 12.6 Å². The molecule has 2 nitrogen and oxygen atoms in total. The first-order valence-corrected chi connectivity index (χ1v) is 1.97. The predicted octanol–water partition coefficient (Wildman–Crippen LogP) is 0.772. The number of furan rings is 1. The summed E-state index contributed by atoms with van der Waals surface area (Å²) in [6.07, 6.45) is 2.65. The summed E-state index contributed by atoms with van der Waals surface area (Å²) >= 11 is 0. The Kier molecular flexibility index (Phi) is 0.839. The van der Waals surface area contributed by atoms with Crippen LogP contribution >= 0.6 is 0 Å². The zero-order valence-corrected chi connectivity index (χ0v) is 3.72. The van der Waals surface area contributed by atoms with Gasteiger partial charge in [0.15, 0.2) is 0 Å². The molecule has 0 unspecified atom stereocenters. The van der Waals surface area contributed by atoms with Crippen molar-refractivity contribution in [1.82, 2.24) is 0 Å². The van der Waals surface area contributed by atoms with Crippen LogP contribution in [0.3, 0.4) is 0 Å². The SMILES string of the molecule is [2H]c1cocc1CO. The molecule has 7 heavy (non-hydrogen) atoms. The molecule has 1 aromatic heterocycles. The molecule has 0 fully saturated rings. The Morgan fingerprint density at radius 1 is 2.00 bits per heavy atom. The fraction of sp³-hybridized carbons (Fsp3) is 0.200. The summed E-state index contributed by atoms with van der Waals surface area (Å²) < 4.78 is 11.6. The smallest absolute Gasteiger partial charge is 0.0957 e. The fourth-order valence-corrected chi connectivity index (χ4v) is 0.343. The summed E-state index contributed by atoms with van der Waals surface area (Å²) in [6.45, 7) is -0.116. The predicted molar refractivity (Wildman–Crippen MR) is 24.6 cm³/mol. The van der Waals surface area contributed by atoms with E-state index in [9.17, 15) is 0 Å². The fourth-order valence-electron chi connectivity index (χ4n) is 0.343. The largest absolute Gasteiger partial charge is 0.472 e. The number of hydrogen-bond acceptors (Lipinski definition) is 2. The van der Waals surface area contributed by atoms with Gasteiger partial charge in [-0.1, -0.05) is 0 Å². The third-order valence-electron chi connectivity index (χ3n) is 0.693. The van der Waals surface area contributed by atoms with Crippen LogP contribution in [0.4, 0.5) is 0 Å². The Balaban J connectivity index is 2.92. The Bertz CT molecular complexity index is 171.